The SMILES string of the molecule is CC(=O)C[C@H]1CC[C@H](C)C1=O. The molecule has 0 heterocycles. The minimum absolute atomic E-state index is 0.0440. The lowest BCUT2D eigenvalue weighted by Gasteiger charge is -2.03. The minimum atomic E-state index is 0.0440. The van der Waals surface area contributed by atoms with Crippen LogP contribution >= 0.6 is 0 Å². The third-order valence-electron chi connectivity index (χ3n) is 2.37. The Bertz CT molecular complexity index is 184. The van der Waals surface area contributed by atoms with E-state index in [1.165, 1.54) is 0 Å². The van der Waals surface area contributed by atoms with Crippen LogP contribution in [0.3, 0.4) is 0 Å². The predicted octanol–water partition coefficient (Wildman–Crippen LogP) is 1.58. The van der Waals surface area contributed by atoms with Crippen LogP contribution in [0.4, 0.5) is 0 Å². The van der Waals surface area contributed by atoms with Crippen LogP contribution in [0.1, 0.15) is 33.1 Å². The Balaban J connectivity index is 2.49. The van der Waals surface area contributed by atoms with Crippen molar-refractivity contribution in [2.75, 3.05) is 0 Å². The fourth-order valence-electron chi connectivity index (χ4n) is 1.69. The third-order valence-corrected chi connectivity index (χ3v) is 2.37. The van der Waals surface area contributed by atoms with Crippen LogP contribution in [0.5, 0.6) is 0 Å². The molecule has 1 saturated carbocycles. The zero-order chi connectivity index (χ0) is 8.43. The Morgan fingerprint density at radius 3 is 2.55 bits per heavy atom. The highest BCUT2D eigenvalue weighted by Crippen LogP contribution is 2.29. The van der Waals surface area contributed by atoms with Crippen LogP contribution < -0.4 is 0 Å². The molecule has 0 unspecified atom stereocenters. The highest BCUT2D eigenvalue weighted by molar-refractivity contribution is 5.89. The van der Waals surface area contributed by atoms with Crippen molar-refractivity contribution >= 4 is 11.6 Å². The highest BCUT2D eigenvalue weighted by Gasteiger charge is 2.31. The molecule has 1 aliphatic rings. The average Bonchev–Trinajstić information content (AvgIpc) is 2.18. The molecule has 1 aliphatic carbocycles. The van der Waals surface area contributed by atoms with Crippen LogP contribution in [-0.4, -0.2) is 11.6 Å². The summed E-state index contributed by atoms with van der Waals surface area (Å²) in [7, 11) is 0. The molecule has 0 radical (unpaired) electrons. The van der Waals surface area contributed by atoms with Crippen molar-refractivity contribution in [3.05, 3.63) is 0 Å². The normalized spacial score (nSPS) is 30.9. The fraction of sp³-hybridized carbons (Fsp3) is 0.778. The lowest BCUT2D eigenvalue weighted by molar-refractivity contribution is -0.127. The monoisotopic (exact) mass is 154 g/mol. The van der Waals surface area contributed by atoms with Crippen LogP contribution in [0.2, 0.25) is 0 Å². The summed E-state index contributed by atoms with van der Waals surface area (Å²) >= 11 is 0. The first-order chi connectivity index (χ1) is 5.11. The Hall–Kier alpha value is -0.660. The number of hydrogen-bond donors (Lipinski definition) is 0. The van der Waals surface area contributed by atoms with Crippen molar-refractivity contribution in [3.63, 3.8) is 0 Å². The van der Waals surface area contributed by atoms with Crippen molar-refractivity contribution in [1.29, 1.82) is 0 Å². The van der Waals surface area contributed by atoms with Gasteiger partial charge in [-0.25, -0.2) is 0 Å². The molecule has 0 aliphatic heterocycles. The van der Waals surface area contributed by atoms with Gasteiger partial charge < -0.3 is 4.79 Å². The van der Waals surface area contributed by atoms with E-state index in [1.807, 2.05) is 6.92 Å². The fourth-order valence-corrected chi connectivity index (χ4v) is 1.69. The van der Waals surface area contributed by atoms with Gasteiger partial charge in [-0.15, -0.1) is 0 Å². The summed E-state index contributed by atoms with van der Waals surface area (Å²) < 4.78 is 0. The Morgan fingerprint density at radius 1 is 1.55 bits per heavy atom. The number of carbonyl (C=O) groups is 2. The highest BCUT2D eigenvalue weighted by atomic mass is 16.1. The first-order valence-corrected chi connectivity index (χ1v) is 4.14. The second kappa shape index (κ2) is 3.16. The van der Waals surface area contributed by atoms with Crippen molar-refractivity contribution in [1.82, 2.24) is 0 Å². The van der Waals surface area contributed by atoms with Gasteiger partial charge >= 0.3 is 0 Å². The maximum absolute atomic E-state index is 11.3. The Labute approximate surface area is 67.0 Å². The van der Waals surface area contributed by atoms with E-state index < -0.39 is 0 Å². The summed E-state index contributed by atoms with van der Waals surface area (Å²) in [6.07, 6.45) is 2.35. The molecular formula is C9H14O2. The van der Waals surface area contributed by atoms with Crippen LogP contribution in [0.15, 0.2) is 0 Å². The third kappa shape index (κ3) is 1.88. The molecule has 11 heavy (non-hydrogen) atoms. The van der Waals surface area contributed by atoms with Crippen LogP contribution in [0.25, 0.3) is 0 Å². The van der Waals surface area contributed by atoms with Crippen molar-refractivity contribution in [2.45, 2.75) is 33.1 Å². The van der Waals surface area contributed by atoms with Gasteiger partial charge in [-0.2, -0.15) is 0 Å². The van der Waals surface area contributed by atoms with Gasteiger partial charge in [0.1, 0.15) is 11.6 Å². The zero-order valence-electron chi connectivity index (χ0n) is 7.09. The van der Waals surface area contributed by atoms with E-state index in [-0.39, 0.29) is 17.6 Å². The molecule has 0 amide bonds. The van der Waals surface area contributed by atoms with Crippen molar-refractivity contribution in [3.8, 4) is 0 Å². The van der Waals surface area contributed by atoms with E-state index in [9.17, 15) is 9.59 Å². The van der Waals surface area contributed by atoms with Gasteiger partial charge in [0.15, 0.2) is 0 Å². The first kappa shape index (κ1) is 8.44. The van der Waals surface area contributed by atoms with E-state index in [4.69, 9.17) is 0 Å². The van der Waals surface area contributed by atoms with Gasteiger partial charge in [-0.05, 0) is 19.8 Å². The maximum Gasteiger partial charge on any atom is 0.139 e. The van der Waals surface area contributed by atoms with Crippen LogP contribution in [-0.2, 0) is 9.59 Å². The summed E-state index contributed by atoms with van der Waals surface area (Å²) in [5.74, 6) is 0.666. The molecule has 2 heteroatoms. The van der Waals surface area contributed by atoms with Gasteiger partial charge in [0.25, 0.3) is 0 Å². The lowest BCUT2D eigenvalue weighted by Crippen LogP contribution is -2.14. The topological polar surface area (TPSA) is 34.1 Å². The zero-order valence-corrected chi connectivity index (χ0v) is 7.09. The predicted molar refractivity (Wildman–Crippen MR) is 42.2 cm³/mol. The number of ketones is 2. The second-order valence-electron chi connectivity index (χ2n) is 3.48. The summed E-state index contributed by atoms with van der Waals surface area (Å²) in [6, 6.07) is 0. The van der Waals surface area contributed by atoms with E-state index in [1.54, 1.807) is 6.92 Å². The summed E-state index contributed by atoms with van der Waals surface area (Å²) in [4.78, 5) is 22.0. The molecule has 62 valence electrons. The number of carbonyl (C=O) groups excluding carboxylic acids is 2. The maximum atomic E-state index is 11.3. The van der Waals surface area contributed by atoms with E-state index in [0.29, 0.717) is 12.2 Å². The molecule has 0 spiro atoms. The number of rotatable bonds is 2. The molecule has 0 N–H and O–H groups in total. The molecule has 2 atom stereocenters. The van der Waals surface area contributed by atoms with Crippen LogP contribution in [0, 0.1) is 11.8 Å². The molecule has 0 aromatic rings. The largest absolute Gasteiger partial charge is 0.300 e. The molecule has 0 saturated heterocycles. The summed E-state index contributed by atoms with van der Waals surface area (Å²) in [5.41, 5.74) is 0. The van der Waals surface area contributed by atoms with Gasteiger partial charge in [0.05, 0.1) is 0 Å². The minimum Gasteiger partial charge on any atom is -0.300 e. The van der Waals surface area contributed by atoms with Gasteiger partial charge in [0, 0.05) is 18.3 Å². The van der Waals surface area contributed by atoms with E-state index >= 15 is 0 Å². The summed E-state index contributed by atoms with van der Waals surface area (Å²) in [5, 5.41) is 0. The molecule has 0 aromatic carbocycles. The Morgan fingerprint density at radius 2 is 2.18 bits per heavy atom. The average molecular weight is 154 g/mol. The summed E-state index contributed by atoms with van der Waals surface area (Å²) in [6.45, 7) is 3.50. The molecule has 2 nitrogen and oxygen atoms in total. The molecule has 0 aromatic heterocycles. The van der Waals surface area contributed by atoms with E-state index in [0.717, 1.165) is 12.8 Å². The van der Waals surface area contributed by atoms with Crippen molar-refractivity contribution in [2.24, 2.45) is 11.8 Å². The molecule has 1 rings (SSSR count). The lowest BCUT2D eigenvalue weighted by atomic mass is 9.99. The van der Waals surface area contributed by atoms with Crippen molar-refractivity contribution < 1.29 is 9.59 Å². The molecular weight excluding hydrogens is 140 g/mol. The first-order valence-electron chi connectivity index (χ1n) is 4.14. The molecule has 0 bridgehead atoms. The molecule has 1 fully saturated rings. The quantitative estimate of drug-likeness (QED) is 0.605. The van der Waals surface area contributed by atoms with E-state index in [2.05, 4.69) is 0 Å². The number of hydrogen-bond acceptors (Lipinski definition) is 2. The second-order valence-corrected chi connectivity index (χ2v) is 3.48. The van der Waals surface area contributed by atoms with Gasteiger partial charge in [-0.1, -0.05) is 6.92 Å². The smallest absolute Gasteiger partial charge is 0.139 e. The Kier molecular flexibility index (Phi) is 2.42. The standard InChI is InChI=1S/C9H14O2/c1-6-3-4-8(9(6)11)5-7(2)10/h6,8H,3-5H2,1-2H3/t6-,8+/m0/s1. The van der Waals surface area contributed by atoms with Gasteiger partial charge in [-0.3, -0.25) is 4.79 Å². The number of Topliss-reactive ketones (excluding diaryl/α,β-unsaturated/α-hetero) is 2. The van der Waals surface area contributed by atoms with Gasteiger partial charge in [0.2, 0.25) is 0 Å².